The van der Waals surface area contributed by atoms with Gasteiger partial charge >= 0.3 is 11.8 Å². The topological polar surface area (TPSA) is 79.6 Å². The van der Waals surface area contributed by atoms with E-state index >= 15 is 13.2 Å². The lowest BCUT2D eigenvalue weighted by Gasteiger charge is -2.37. The molecule has 0 N–H and O–H groups in total. The van der Waals surface area contributed by atoms with Crippen molar-refractivity contribution in [2.45, 2.75) is 37.8 Å². The Kier molecular flexibility index (Phi) is 8.42. The third-order valence-electron chi connectivity index (χ3n) is 8.67. The predicted octanol–water partition coefficient (Wildman–Crippen LogP) is 6.54. The minimum absolute atomic E-state index is 0.0150. The normalized spacial score (nSPS) is 17.8. The molecule has 0 amide bonds. The molecule has 0 radical (unpaired) electrons. The first-order valence-electron chi connectivity index (χ1n) is 15.6. The van der Waals surface area contributed by atoms with Crippen molar-refractivity contribution in [1.29, 1.82) is 0 Å². The molecule has 7 rings (SSSR count). The van der Waals surface area contributed by atoms with Crippen LogP contribution in [0.2, 0.25) is 0 Å². The summed E-state index contributed by atoms with van der Waals surface area (Å²) in [6.07, 6.45) is -2.02. The van der Waals surface area contributed by atoms with Crippen LogP contribution in [0.1, 0.15) is 41.0 Å². The first kappa shape index (κ1) is 30.3. The van der Waals surface area contributed by atoms with E-state index in [1.54, 1.807) is 54.6 Å². The number of hydrogen-bond acceptors (Lipinski definition) is 8. The van der Waals surface area contributed by atoms with Gasteiger partial charge in [0.2, 0.25) is 0 Å². The molecule has 0 saturated heterocycles. The van der Waals surface area contributed by atoms with Crippen LogP contribution >= 0.6 is 0 Å². The van der Waals surface area contributed by atoms with E-state index in [4.69, 9.17) is 28.1 Å². The number of hydrogen-bond donors (Lipinski definition) is 0. The second-order valence-corrected chi connectivity index (χ2v) is 11.6. The molecule has 242 valence electrons. The molecule has 0 aliphatic carbocycles. The summed E-state index contributed by atoms with van der Waals surface area (Å²) < 4.78 is 81.2. The second-order valence-electron chi connectivity index (χ2n) is 11.6. The Labute approximate surface area is 263 Å². The van der Waals surface area contributed by atoms with Crippen molar-refractivity contribution >= 4 is 16.7 Å². The van der Waals surface area contributed by atoms with Gasteiger partial charge in [0, 0.05) is 29.7 Å². The summed E-state index contributed by atoms with van der Waals surface area (Å²) in [6.45, 7) is 2.06. The average molecular weight is 638 g/mol. The van der Waals surface area contributed by atoms with Gasteiger partial charge in [0.05, 0.1) is 43.5 Å². The first-order valence-corrected chi connectivity index (χ1v) is 15.6. The zero-order valence-corrected chi connectivity index (χ0v) is 25.2. The maximum atomic E-state index is 15.3. The van der Waals surface area contributed by atoms with Crippen molar-refractivity contribution in [2.75, 3.05) is 57.6 Å². The van der Waals surface area contributed by atoms with Crippen LogP contribution in [0, 0.1) is 0 Å². The van der Waals surface area contributed by atoms with Crippen LogP contribution in [0.15, 0.2) is 63.8 Å². The van der Waals surface area contributed by atoms with E-state index < -0.39 is 28.8 Å². The fraction of sp³-hybridized carbons (Fsp3) is 0.400. The Bertz CT molecular complexity index is 1730. The maximum Gasteiger partial charge on any atom is 0.417 e. The van der Waals surface area contributed by atoms with Gasteiger partial charge < -0.3 is 33.0 Å². The third kappa shape index (κ3) is 5.95. The van der Waals surface area contributed by atoms with E-state index in [0.717, 1.165) is 37.2 Å². The zero-order valence-electron chi connectivity index (χ0n) is 25.2. The summed E-state index contributed by atoms with van der Waals surface area (Å²) in [4.78, 5) is 16.0. The molecule has 3 aromatic carbocycles. The molecule has 1 aromatic heterocycles. The molecule has 3 aliphatic heterocycles. The van der Waals surface area contributed by atoms with Gasteiger partial charge in [-0.25, -0.2) is 4.79 Å². The van der Waals surface area contributed by atoms with Crippen molar-refractivity contribution < 1.29 is 41.3 Å². The molecule has 4 heterocycles. The predicted molar refractivity (Wildman–Crippen MR) is 165 cm³/mol. The average Bonchev–Trinajstić information content (AvgIpc) is 3.05. The van der Waals surface area contributed by atoms with Gasteiger partial charge in [-0.05, 0) is 61.6 Å². The molecule has 0 saturated carbocycles. The highest BCUT2D eigenvalue weighted by molar-refractivity contribution is 5.91. The summed E-state index contributed by atoms with van der Waals surface area (Å²) in [5.41, 5.74) is -0.114. The molecule has 0 bridgehead atoms. The van der Waals surface area contributed by atoms with Crippen LogP contribution in [-0.2, 0) is 23.8 Å². The lowest BCUT2D eigenvalue weighted by Crippen LogP contribution is -2.35. The van der Waals surface area contributed by atoms with Crippen molar-refractivity contribution in [3.8, 4) is 23.0 Å². The number of anilines is 1. The van der Waals surface area contributed by atoms with E-state index in [-0.39, 0.29) is 50.6 Å². The highest BCUT2D eigenvalue weighted by atomic mass is 19.4. The number of benzene rings is 3. The minimum atomic E-state index is -4.86. The third-order valence-corrected chi connectivity index (χ3v) is 8.67. The summed E-state index contributed by atoms with van der Waals surface area (Å²) in [5.74, 6) is 0.271. The van der Waals surface area contributed by atoms with Crippen molar-refractivity contribution in [3.05, 3.63) is 87.3 Å². The maximum absolute atomic E-state index is 15.3. The molecule has 46 heavy (non-hydrogen) atoms. The minimum Gasteiger partial charge on any atom is -0.489 e. The number of rotatable bonds is 1. The molecule has 4 aromatic rings. The van der Waals surface area contributed by atoms with Gasteiger partial charge in [0.1, 0.15) is 18.8 Å². The van der Waals surface area contributed by atoms with Crippen molar-refractivity contribution in [2.24, 2.45) is 0 Å². The Morgan fingerprint density at radius 2 is 1.30 bits per heavy atom. The first-order chi connectivity index (χ1) is 22.4. The van der Waals surface area contributed by atoms with E-state index in [9.17, 15) is 4.79 Å². The van der Waals surface area contributed by atoms with Gasteiger partial charge in [-0.15, -0.1) is 0 Å². The summed E-state index contributed by atoms with van der Waals surface area (Å²) in [6, 6.07) is 15.3. The summed E-state index contributed by atoms with van der Waals surface area (Å²) in [7, 11) is 0. The number of para-hydroxylation sites is 4. The summed E-state index contributed by atoms with van der Waals surface area (Å²) in [5, 5.41) is -0.0980. The molecule has 0 spiro atoms. The van der Waals surface area contributed by atoms with Gasteiger partial charge in [-0.2, -0.15) is 13.2 Å². The quantitative estimate of drug-likeness (QED) is 0.218. The van der Waals surface area contributed by atoms with E-state index in [0.29, 0.717) is 41.4 Å². The van der Waals surface area contributed by atoms with Crippen molar-refractivity contribution in [3.63, 3.8) is 0 Å². The molecule has 3 aliphatic rings. The fourth-order valence-electron chi connectivity index (χ4n) is 6.70. The van der Waals surface area contributed by atoms with Gasteiger partial charge in [-0.3, -0.25) is 0 Å². The van der Waals surface area contributed by atoms with E-state index in [1.165, 1.54) is 0 Å². The van der Waals surface area contributed by atoms with Crippen LogP contribution in [-0.4, -0.2) is 52.7 Å². The van der Waals surface area contributed by atoms with Crippen molar-refractivity contribution in [1.82, 2.24) is 0 Å². The Morgan fingerprint density at radius 1 is 0.739 bits per heavy atom. The number of halogens is 3. The number of nitrogens with zero attached hydrogens (tertiary/aromatic N) is 1. The lowest BCUT2D eigenvalue weighted by molar-refractivity contribution is -0.137. The number of aryl methyl sites for hydroxylation is 2. The summed E-state index contributed by atoms with van der Waals surface area (Å²) >= 11 is 0. The molecule has 0 atom stereocenters. The molecular formula is C35H34F3NO7. The Morgan fingerprint density at radius 3 is 1.89 bits per heavy atom. The van der Waals surface area contributed by atoms with Crippen LogP contribution in [0.5, 0.6) is 23.0 Å². The largest absolute Gasteiger partial charge is 0.489 e. The second kappa shape index (κ2) is 12.8. The van der Waals surface area contributed by atoms with Crippen LogP contribution in [0.4, 0.5) is 18.9 Å². The molecular weight excluding hydrogens is 603 g/mol. The lowest BCUT2D eigenvalue weighted by atomic mass is 9.87. The van der Waals surface area contributed by atoms with Crippen LogP contribution < -0.4 is 29.5 Å². The fourth-order valence-corrected chi connectivity index (χ4v) is 6.70. The van der Waals surface area contributed by atoms with E-state index in [1.807, 2.05) is 0 Å². The Hall–Kier alpha value is -4.38. The number of ether oxygens (including phenoxy) is 5. The smallest absolute Gasteiger partial charge is 0.417 e. The number of alkyl halides is 3. The van der Waals surface area contributed by atoms with Gasteiger partial charge in [0.15, 0.2) is 23.0 Å². The SMILES string of the molecule is O=c1oc2c3c4c(cc2c(C(F)(F)F)c1C1COc2ccccc2OCCOCCOc2ccccc2OC1)CCCN4CCC3. The molecule has 0 unspecified atom stereocenters. The zero-order chi connectivity index (χ0) is 31.7. The van der Waals surface area contributed by atoms with E-state index in [2.05, 4.69) is 4.90 Å². The Balaban J connectivity index is 1.36. The van der Waals surface area contributed by atoms with Gasteiger partial charge in [-0.1, -0.05) is 24.3 Å². The highest BCUT2D eigenvalue weighted by Gasteiger charge is 2.42. The highest BCUT2D eigenvalue weighted by Crippen LogP contribution is 2.45. The van der Waals surface area contributed by atoms with Gasteiger partial charge in [0.25, 0.3) is 0 Å². The monoisotopic (exact) mass is 637 g/mol. The van der Waals surface area contributed by atoms with Crippen LogP contribution in [0.3, 0.4) is 0 Å². The standard InChI is InChI=1S/C35H34F3NO7/c36-35(37,38)31-25-19-22-7-5-13-39-14-6-8-24(32(22)39)33(25)46-34(40)30(31)23-20-44-28-11-3-1-9-26(28)42-17-15-41-16-18-43-27-10-2-4-12-29(27)45-21-23/h1-4,9-12,19,23H,5-8,13-18,20-21H2. The molecule has 11 heteroatoms. The molecule has 8 nitrogen and oxygen atoms in total. The molecule has 0 fully saturated rings. The van der Waals surface area contributed by atoms with Crippen LogP contribution in [0.25, 0.3) is 11.0 Å². The number of fused-ring (bicyclic) bond motifs is 4.